The molecular weight excluding hydrogens is 385 g/mol. The lowest BCUT2D eigenvalue weighted by molar-refractivity contribution is -0.274. The minimum absolute atomic E-state index is 0.220. The molecule has 3 heterocycles. The number of hydrazone groups is 1. The van der Waals surface area contributed by atoms with Gasteiger partial charge in [-0.3, -0.25) is 14.8 Å². The normalized spacial score (nSPS) is 16.4. The standard InChI is InChI=1S/C20H17F3N4O2/c21-20(22,23)29-17-6-4-14(5-7-17)15-11-18(28)19-25-27(13-26(19)12-15)10-8-16-3-1-2-9-24-16/h1-7,9,11H,8,10,12-13H2. The molecule has 1 aromatic carbocycles. The lowest BCUT2D eigenvalue weighted by atomic mass is 10.0. The van der Waals surface area contributed by atoms with Crippen molar-refractivity contribution in [2.24, 2.45) is 5.10 Å². The van der Waals surface area contributed by atoms with E-state index >= 15 is 0 Å². The largest absolute Gasteiger partial charge is 0.573 e. The molecule has 0 atom stereocenters. The van der Waals surface area contributed by atoms with Gasteiger partial charge in [-0.05, 0) is 41.5 Å². The first-order chi connectivity index (χ1) is 13.9. The summed E-state index contributed by atoms with van der Waals surface area (Å²) in [5.41, 5.74) is 2.34. The molecule has 0 saturated carbocycles. The molecule has 0 radical (unpaired) electrons. The predicted octanol–water partition coefficient (Wildman–Crippen LogP) is 3.08. The van der Waals surface area contributed by atoms with Crippen LogP contribution in [0.4, 0.5) is 13.2 Å². The van der Waals surface area contributed by atoms with Crippen molar-refractivity contribution in [3.05, 3.63) is 66.0 Å². The van der Waals surface area contributed by atoms with Gasteiger partial charge in [0, 0.05) is 31.4 Å². The lowest BCUT2D eigenvalue weighted by Crippen LogP contribution is -2.39. The first-order valence-electron chi connectivity index (χ1n) is 8.97. The van der Waals surface area contributed by atoms with Crippen LogP contribution in [0.15, 0.2) is 59.8 Å². The Morgan fingerprint density at radius 1 is 1.10 bits per heavy atom. The van der Waals surface area contributed by atoms with E-state index in [2.05, 4.69) is 14.8 Å². The number of alkyl halides is 3. The molecule has 0 N–H and O–H groups in total. The van der Waals surface area contributed by atoms with Crippen LogP contribution >= 0.6 is 0 Å². The van der Waals surface area contributed by atoms with Crippen LogP contribution in [0.1, 0.15) is 11.3 Å². The van der Waals surface area contributed by atoms with Crippen molar-refractivity contribution in [2.45, 2.75) is 12.8 Å². The Kier molecular flexibility index (Phi) is 4.96. The predicted molar refractivity (Wildman–Crippen MR) is 99.8 cm³/mol. The van der Waals surface area contributed by atoms with E-state index < -0.39 is 6.36 Å². The second-order valence-electron chi connectivity index (χ2n) is 6.67. The third-order valence-corrected chi connectivity index (χ3v) is 4.57. The summed E-state index contributed by atoms with van der Waals surface area (Å²) in [5, 5.41) is 6.22. The van der Waals surface area contributed by atoms with Crippen LogP contribution in [0.5, 0.6) is 5.75 Å². The average molecular weight is 402 g/mol. The molecule has 2 aliphatic heterocycles. The highest BCUT2D eigenvalue weighted by atomic mass is 19.4. The zero-order valence-corrected chi connectivity index (χ0v) is 15.3. The maximum Gasteiger partial charge on any atom is 0.573 e. The molecule has 9 heteroatoms. The quantitative estimate of drug-likeness (QED) is 0.770. The van der Waals surface area contributed by atoms with Gasteiger partial charge < -0.3 is 9.64 Å². The number of aromatic nitrogens is 1. The summed E-state index contributed by atoms with van der Waals surface area (Å²) in [5.74, 6) is -0.137. The van der Waals surface area contributed by atoms with Gasteiger partial charge in [-0.2, -0.15) is 5.10 Å². The number of carbonyl (C=O) groups excluding carboxylic acids is 1. The smallest absolute Gasteiger partial charge is 0.406 e. The van der Waals surface area contributed by atoms with Crippen molar-refractivity contribution >= 4 is 17.2 Å². The summed E-state index contributed by atoms with van der Waals surface area (Å²) in [6.45, 7) is 1.55. The summed E-state index contributed by atoms with van der Waals surface area (Å²) in [7, 11) is 0. The number of halogens is 3. The van der Waals surface area contributed by atoms with Gasteiger partial charge in [-0.15, -0.1) is 13.2 Å². The number of benzene rings is 1. The molecule has 2 aromatic rings. The molecule has 4 rings (SSSR count). The molecule has 0 spiro atoms. The number of hydrogen-bond donors (Lipinski definition) is 0. The molecule has 0 bridgehead atoms. The summed E-state index contributed by atoms with van der Waals surface area (Å²) < 4.78 is 40.8. The number of ether oxygens (including phenoxy) is 1. The van der Waals surface area contributed by atoms with Crippen molar-refractivity contribution in [2.75, 3.05) is 19.8 Å². The Bertz CT molecular complexity index is 956. The topological polar surface area (TPSA) is 58.0 Å². The molecule has 0 aliphatic carbocycles. The van der Waals surface area contributed by atoms with Gasteiger partial charge in [-0.25, -0.2) is 0 Å². The van der Waals surface area contributed by atoms with E-state index in [1.54, 1.807) is 6.20 Å². The van der Waals surface area contributed by atoms with Crippen LogP contribution in [0, 0.1) is 0 Å². The van der Waals surface area contributed by atoms with Crippen LogP contribution in [-0.4, -0.2) is 52.6 Å². The zero-order chi connectivity index (χ0) is 20.4. The molecule has 0 amide bonds. The van der Waals surface area contributed by atoms with Crippen molar-refractivity contribution in [3.8, 4) is 5.75 Å². The number of ketones is 1. The number of amidine groups is 1. The second-order valence-corrected chi connectivity index (χ2v) is 6.67. The minimum Gasteiger partial charge on any atom is -0.406 e. The Morgan fingerprint density at radius 3 is 2.59 bits per heavy atom. The maximum absolute atomic E-state index is 12.5. The lowest BCUT2D eigenvalue weighted by Gasteiger charge is -2.25. The molecular formula is C20H17F3N4O2. The third-order valence-electron chi connectivity index (χ3n) is 4.57. The highest BCUT2D eigenvalue weighted by Gasteiger charge is 2.33. The van der Waals surface area contributed by atoms with Crippen LogP contribution in [0.25, 0.3) is 5.57 Å². The van der Waals surface area contributed by atoms with Crippen molar-refractivity contribution in [1.29, 1.82) is 0 Å². The number of hydrogen-bond acceptors (Lipinski definition) is 6. The molecule has 1 aromatic heterocycles. The van der Waals surface area contributed by atoms with Gasteiger partial charge in [0.1, 0.15) is 12.4 Å². The first kappa shape index (κ1) is 19.0. The summed E-state index contributed by atoms with van der Waals surface area (Å²) in [4.78, 5) is 18.6. The number of pyridine rings is 1. The maximum atomic E-state index is 12.5. The van der Waals surface area contributed by atoms with E-state index in [1.807, 2.05) is 28.1 Å². The van der Waals surface area contributed by atoms with E-state index in [0.29, 0.717) is 37.6 Å². The highest BCUT2D eigenvalue weighted by Crippen LogP contribution is 2.27. The molecule has 0 fully saturated rings. The Labute approximate surface area is 164 Å². The number of fused-ring (bicyclic) bond motifs is 1. The monoisotopic (exact) mass is 402 g/mol. The van der Waals surface area contributed by atoms with E-state index in [0.717, 1.165) is 11.3 Å². The van der Waals surface area contributed by atoms with E-state index in [9.17, 15) is 18.0 Å². The van der Waals surface area contributed by atoms with E-state index in [-0.39, 0.29) is 11.5 Å². The number of carbonyl (C=O) groups is 1. The van der Waals surface area contributed by atoms with Gasteiger partial charge in [0.2, 0.25) is 5.78 Å². The third kappa shape index (κ3) is 4.56. The van der Waals surface area contributed by atoms with Crippen LogP contribution < -0.4 is 4.74 Å². The van der Waals surface area contributed by atoms with Crippen LogP contribution in [0.3, 0.4) is 0 Å². The summed E-state index contributed by atoms with van der Waals surface area (Å²) in [6, 6.07) is 11.2. The van der Waals surface area contributed by atoms with Crippen molar-refractivity contribution in [1.82, 2.24) is 14.9 Å². The summed E-state index contributed by atoms with van der Waals surface area (Å²) >= 11 is 0. The Morgan fingerprint density at radius 2 is 1.90 bits per heavy atom. The van der Waals surface area contributed by atoms with Gasteiger partial charge in [0.15, 0.2) is 5.84 Å². The fourth-order valence-electron chi connectivity index (χ4n) is 3.25. The van der Waals surface area contributed by atoms with Crippen LogP contribution in [-0.2, 0) is 11.2 Å². The minimum atomic E-state index is -4.73. The average Bonchev–Trinajstić information content (AvgIpc) is 3.10. The van der Waals surface area contributed by atoms with Crippen LogP contribution in [0.2, 0.25) is 0 Å². The number of rotatable bonds is 5. The SMILES string of the molecule is O=C1C=C(c2ccc(OC(F)(F)F)cc2)CN2CN(CCc3ccccn3)N=C12. The Balaban J connectivity index is 1.40. The van der Waals surface area contributed by atoms with Gasteiger partial charge >= 0.3 is 6.36 Å². The summed E-state index contributed by atoms with van der Waals surface area (Å²) in [6.07, 6.45) is -0.807. The zero-order valence-electron chi connectivity index (χ0n) is 15.3. The second kappa shape index (κ2) is 7.57. The molecule has 0 unspecified atom stereocenters. The van der Waals surface area contributed by atoms with Gasteiger partial charge in [0.05, 0.1) is 0 Å². The molecule has 2 aliphatic rings. The van der Waals surface area contributed by atoms with E-state index in [4.69, 9.17) is 0 Å². The van der Waals surface area contributed by atoms with Gasteiger partial charge in [-0.1, -0.05) is 18.2 Å². The highest BCUT2D eigenvalue weighted by molar-refractivity contribution is 6.45. The van der Waals surface area contributed by atoms with Crippen molar-refractivity contribution in [3.63, 3.8) is 0 Å². The molecule has 150 valence electrons. The molecule has 6 nitrogen and oxygen atoms in total. The fourth-order valence-corrected chi connectivity index (χ4v) is 3.25. The molecule has 29 heavy (non-hydrogen) atoms. The van der Waals surface area contributed by atoms with E-state index in [1.165, 1.54) is 30.3 Å². The number of nitrogens with zero attached hydrogens (tertiary/aromatic N) is 4. The fraction of sp³-hybridized carbons (Fsp3) is 0.250. The first-order valence-corrected chi connectivity index (χ1v) is 8.97. The molecule has 0 saturated heterocycles. The van der Waals surface area contributed by atoms with Crippen molar-refractivity contribution < 1.29 is 22.7 Å². The van der Waals surface area contributed by atoms with Gasteiger partial charge in [0.25, 0.3) is 0 Å². The Hall–Kier alpha value is -3.36.